The first-order valence-electron chi connectivity index (χ1n) is 7.51. The molecule has 0 unspecified atom stereocenters. The van der Waals surface area contributed by atoms with E-state index in [2.05, 4.69) is 5.32 Å². The average molecular weight is 367 g/mol. The van der Waals surface area contributed by atoms with Crippen LogP contribution in [-0.2, 0) is 16.6 Å². The highest BCUT2D eigenvalue weighted by atomic mass is 32.2. The number of rotatable bonds is 5. The number of sulfonamides is 1. The van der Waals surface area contributed by atoms with Crippen LogP contribution in [0.5, 0.6) is 0 Å². The van der Waals surface area contributed by atoms with Crippen LogP contribution < -0.4 is 5.32 Å². The lowest BCUT2D eigenvalue weighted by atomic mass is 10.1. The molecule has 1 aromatic carbocycles. The summed E-state index contributed by atoms with van der Waals surface area (Å²) in [5.74, 6) is -0.264. The number of nitrogens with zero attached hydrogens (tertiary/aromatic N) is 1. The Morgan fingerprint density at radius 3 is 2.42 bits per heavy atom. The maximum atomic E-state index is 12.7. The van der Waals surface area contributed by atoms with E-state index < -0.39 is 10.0 Å². The summed E-state index contributed by atoms with van der Waals surface area (Å²) in [7, 11) is -2.09. The molecule has 2 rings (SSSR count). The van der Waals surface area contributed by atoms with Crippen molar-refractivity contribution in [2.45, 2.75) is 37.8 Å². The maximum Gasteiger partial charge on any atom is 0.261 e. The van der Waals surface area contributed by atoms with Gasteiger partial charge in [0, 0.05) is 24.5 Å². The molecular formula is C17H22N2O3S2. The first-order chi connectivity index (χ1) is 11.1. The summed E-state index contributed by atoms with van der Waals surface area (Å²) in [6, 6.07) is 10.8. The Bertz CT molecular complexity index is 806. The maximum absolute atomic E-state index is 12.7. The zero-order chi connectivity index (χ0) is 18.0. The number of hydrogen-bond donors (Lipinski definition) is 1. The first-order valence-corrected chi connectivity index (χ1v) is 9.83. The first kappa shape index (κ1) is 18.6. The summed E-state index contributed by atoms with van der Waals surface area (Å²) >= 11 is 1.13. The molecule has 24 heavy (non-hydrogen) atoms. The standard InChI is InChI=1S/C17H22N2O3S2/c1-17(2,3)18-16(20)15-10-14(12-23-15)24(21,22)19(4)11-13-8-6-5-7-9-13/h5-10,12H,11H2,1-4H3,(H,18,20). The Morgan fingerprint density at radius 2 is 1.83 bits per heavy atom. The van der Waals surface area contributed by atoms with E-state index >= 15 is 0 Å². The molecule has 0 fully saturated rings. The van der Waals surface area contributed by atoms with Gasteiger partial charge in [0.2, 0.25) is 10.0 Å². The molecule has 0 bridgehead atoms. The lowest BCUT2D eigenvalue weighted by Crippen LogP contribution is -2.40. The fourth-order valence-electron chi connectivity index (χ4n) is 2.08. The van der Waals surface area contributed by atoms with Crippen LogP contribution in [0, 0.1) is 0 Å². The molecule has 0 saturated carbocycles. The highest BCUT2D eigenvalue weighted by molar-refractivity contribution is 7.89. The minimum absolute atomic E-state index is 0.144. The van der Waals surface area contributed by atoms with Crippen molar-refractivity contribution in [2.75, 3.05) is 7.05 Å². The van der Waals surface area contributed by atoms with Crippen molar-refractivity contribution in [3.63, 3.8) is 0 Å². The highest BCUT2D eigenvalue weighted by Crippen LogP contribution is 2.23. The van der Waals surface area contributed by atoms with Gasteiger partial charge in [-0.15, -0.1) is 11.3 Å². The van der Waals surface area contributed by atoms with Gasteiger partial charge in [-0.05, 0) is 32.4 Å². The van der Waals surface area contributed by atoms with Crippen molar-refractivity contribution in [2.24, 2.45) is 0 Å². The largest absolute Gasteiger partial charge is 0.347 e. The summed E-state index contributed by atoms with van der Waals surface area (Å²) in [6.45, 7) is 5.92. The molecule has 0 saturated heterocycles. The van der Waals surface area contributed by atoms with Crippen molar-refractivity contribution in [1.82, 2.24) is 9.62 Å². The number of thiophene rings is 1. The number of carbonyl (C=O) groups is 1. The molecule has 7 heteroatoms. The fourth-order valence-corrected chi connectivity index (χ4v) is 4.40. The monoisotopic (exact) mass is 366 g/mol. The molecule has 130 valence electrons. The van der Waals surface area contributed by atoms with Crippen LogP contribution >= 0.6 is 11.3 Å². The Morgan fingerprint density at radius 1 is 1.21 bits per heavy atom. The third-order valence-corrected chi connectivity index (χ3v) is 6.10. The third-order valence-electron chi connectivity index (χ3n) is 3.24. The van der Waals surface area contributed by atoms with Crippen molar-refractivity contribution in [1.29, 1.82) is 0 Å². The number of hydrogen-bond acceptors (Lipinski definition) is 4. The summed E-state index contributed by atoms with van der Waals surface area (Å²) in [5.41, 5.74) is 0.536. The van der Waals surface area contributed by atoms with Crippen molar-refractivity contribution in [3.8, 4) is 0 Å². The van der Waals surface area contributed by atoms with Gasteiger partial charge in [0.25, 0.3) is 5.91 Å². The second-order valence-corrected chi connectivity index (χ2v) is 9.55. The molecule has 5 nitrogen and oxygen atoms in total. The Hall–Kier alpha value is -1.70. The van der Waals surface area contributed by atoms with E-state index in [0.29, 0.717) is 4.88 Å². The molecular weight excluding hydrogens is 344 g/mol. The van der Waals surface area contributed by atoms with Crippen LogP contribution in [0.2, 0.25) is 0 Å². The molecule has 0 spiro atoms. The minimum Gasteiger partial charge on any atom is -0.347 e. The van der Waals surface area contributed by atoms with Gasteiger partial charge in [0.05, 0.1) is 9.77 Å². The van der Waals surface area contributed by atoms with Crippen molar-refractivity contribution in [3.05, 3.63) is 52.2 Å². The van der Waals surface area contributed by atoms with Gasteiger partial charge in [-0.2, -0.15) is 4.31 Å². The van der Waals surface area contributed by atoms with Crippen LogP contribution in [-0.4, -0.2) is 31.2 Å². The van der Waals surface area contributed by atoms with E-state index in [1.807, 2.05) is 51.1 Å². The van der Waals surface area contributed by atoms with Crippen LogP contribution in [0.4, 0.5) is 0 Å². The summed E-state index contributed by atoms with van der Waals surface area (Å²) in [6.07, 6.45) is 0. The molecule has 0 aliphatic carbocycles. The fraction of sp³-hybridized carbons (Fsp3) is 0.353. The molecule has 1 amide bonds. The van der Waals surface area contributed by atoms with E-state index in [0.717, 1.165) is 16.9 Å². The molecule has 0 radical (unpaired) electrons. The summed E-state index contributed by atoms with van der Waals surface area (Å²) in [5, 5.41) is 4.34. The molecule has 1 N–H and O–H groups in total. The molecule has 1 heterocycles. The SMILES string of the molecule is CN(Cc1ccccc1)S(=O)(=O)c1csc(C(=O)NC(C)(C)C)c1. The number of amides is 1. The van der Waals surface area contributed by atoms with Gasteiger partial charge in [0.15, 0.2) is 0 Å². The van der Waals surface area contributed by atoms with Crippen LogP contribution in [0.15, 0.2) is 46.7 Å². The van der Waals surface area contributed by atoms with Crippen LogP contribution in [0.25, 0.3) is 0 Å². The predicted octanol–water partition coefficient (Wildman–Crippen LogP) is 3.10. The minimum atomic E-state index is -3.63. The number of benzene rings is 1. The Kier molecular flexibility index (Phi) is 5.47. The van der Waals surface area contributed by atoms with E-state index in [1.165, 1.54) is 22.8 Å². The number of nitrogens with one attached hydrogen (secondary N) is 1. The van der Waals surface area contributed by atoms with E-state index in [-0.39, 0.29) is 22.9 Å². The smallest absolute Gasteiger partial charge is 0.261 e. The molecule has 0 aliphatic rings. The predicted molar refractivity (Wildman–Crippen MR) is 96.6 cm³/mol. The van der Waals surface area contributed by atoms with E-state index in [1.54, 1.807) is 0 Å². The lowest BCUT2D eigenvalue weighted by Gasteiger charge is -2.19. The number of carbonyl (C=O) groups excluding carboxylic acids is 1. The van der Waals surface area contributed by atoms with Gasteiger partial charge in [-0.1, -0.05) is 30.3 Å². The average Bonchev–Trinajstić information content (AvgIpc) is 2.97. The second-order valence-electron chi connectivity index (χ2n) is 6.60. The molecule has 0 atom stereocenters. The molecule has 1 aromatic heterocycles. The summed E-state index contributed by atoms with van der Waals surface area (Å²) in [4.78, 5) is 12.7. The zero-order valence-corrected chi connectivity index (χ0v) is 15.9. The van der Waals surface area contributed by atoms with Gasteiger partial charge in [-0.25, -0.2) is 8.42 Å². The molecule has 0 aliphatic heterocycles. The van der Waals surface area contributed by atoms with Crippen LogP contribution in [0.3, 0.4) is 0 Å². The van der Waals surface area contributed by atoms with Crippen molar-refractivity contribution < 1.29 is 13.2 Å². The highest BCUT2D eigenvalue weighted by Gasteiger charge is 2.24. The Labute approximate surface area is 147 Å². The summed E-state index contributed by atoms with van der Waals surface area (Å²) < 4.78 is 26.6. The zero-order valence-electron chi connectivity index (χ0n) is 14.2. The van der Waals surface area contributed by atoms with Gasteiger partial charge < -0.3 is 5.32 Å². The van der Waals surface area contributed by atoms with E-state index in [9.17, 15) is 13.2 Å². The van der Waals surface area contributed by atoms with Gasteiger partial charge in [-0.3, -0.25) is 4.79 Å². The molecule has 2 aromatic rings. The van der Waals surface area contributed by atoms with Gasteiger partial charge >= 0.3 is 0 Å². The van der Waals surface area contributed by atoms with Crippen molar-refractivity contribution >= 4 is 27.3 Å². The Balaban J connectivity index is 2.17. The lowest BCUT2D eigenvalue weighted by molar-refractivity contribution is 0.0923. The van der Waals surface area contributed by atoms with Gasteiger partial charge in [0.1, 0.15) is 0 Å². The topological polar surface area (TPSA) is 66.5 Å². The van der Waals surface area contributed by atoms with Crippen LogP contribution in [0.1, 0.15) is 36.0 Å². The normalized spacial score (nSPS) is 12.4. The third kappa shape index (κ3) is 4.66. The second kappa shape index (κ2) is 7.04. The van der Waals surface area contributed by atoms with E-state index in [4.69, 9.17) is 0 Å². The quantitative estimate of drug-likeness (QED) is 0.884.